The van der Waals surface area contributed by atoms with Gasteiger partial charge in [-0.05, 0) is 62.0 Å². The van der Waals surface area contributed by atoms with Crippen molar-refractivity contribution in [2.24, 2.45) is 5.73 Å². The molecule has 4 N–H and O–H groups in total. The van der Waals surface area contributed by atoms with E-state index in [9.17, 15) is 14.4 Å². The minimum atomic E-state index is -0.531. The van der Waals surface area contributed by atoms with Crippen molar-refractivity contribution in [3.63, 3.8) is 0 Å². The quantitative estimate of drug-likeness (QED) is 0.598. The Morgan fingerprint density at radius 3 is 2.07 bits per heavy atom. The van der Waals surface area contributed by atoms with Crippen LogP contribution in [0, 0.1) is 0 Å². The number of nitrogens with two attached hydrogens (primary N) is 1. The van der Waals surface area contributed by atoms with Crippen molar-refractivity contribution in [2.45, 2.75) is 19.9 Å². The lowest BCUT2D eigenvalue weighted by atomic mass is 10.2. The average Bonchev–Trinajstić information content (AvgIpc) is 2.72. The Morgan fingerprint density at radius 1 is 1.00 bits per heavy atom. The lowest BCUT2D eigenvalue weighted by Gasteiger charge is -2.26. The fourth-order valence-electron chi connectivity index (χ4n) is 2.71. The summed E-state index contributed by atoms with van der Waals surface area (Å²) in [6.45, 7) is 4.20. The van der Waals surface area contributed by atoms with Crippen molar-refractivity contribution in [3.05, 3.63) is 54.1 Å². The van der Waals surface area contributed by atoms with Gasteiger partial charge in [-0.3, -0.25) is 19.3 Å². The number of primary amides is 1. The zero-order chi connectivity index (χ0) is 21.4. The van der Waals surface area contributed by atoms with Crippen molar-refractivity contribution in [1.82, 2.24) is 4.90 Å². The normalized spacial score (nSPS) is 11.6. The van der Waals surface area contributed by atoms with Gasteiger partial charge in [0.25, 0.3) is 0 Å². The molecule has 3 amide bonds. The zero-order valence-electron chi connectivity index (χ0n) is 16.8. The van der Waals surface area contributed by atoms with Gasteiger partial charge in [-0.1, -0.05) is 6.92 Å². The Morgan fingerprint density at radius 2 is 1.55 bits per heavy atom. The van der Waals surface area contributed by atoms with E-state index < -0.39 is 11.9 Å². The first kappa shape index (κ1) is 21.9. The van der Waals surface area contributed by atoms with E-state index in [1.807, 2.05) is 6.92 Å². The minimum absolute atomic E-state index is 0.0672. The average molecular weight is 398 g/mol. The maximum atomic E-state index is 12.6. The van der Waals surface area contributed by atoms with Gasteiger partial charge in [-0.15, -0.1) is 0 Å². The third-order valence-corrected chi connectivity index (χ3v) is 4.49. The maximum Gasteiger partial charge on any atom is 0.248 e. The number of hydrogen-bond donors (Lipinski definition) is 3. The highest BCUT2D eigenvalue weighted by atomic mass is 16.5. The van der Waals surface area contributed by atoms with Crippen LogP contribution in [-0.4, -0.2) is 48.9 Å². The van der Waals surface area contributed by atoms with E-state index in [1.54, 1.807) is 67.5 Å². The number of amides is 3. The van der Waals surface area contributed by atoms with Crippen LogP contribution in [-0.2, 0) is 9.59 Å². The number of methoxy groups -OCH3 is 1. The van der Waals surface area contributed by atoms with E-state index >= 15 is 0 Å². The van der Waals surface area contributed by atoms with E-state index in [2.05, 4.69) is 10.6 Å². The van der Waals surface area contributed by atoms with E-state index in [1.165, 1.54) is 0 Å². The van der Waals surface area contributed by atoms with E-state index in [4.69, 9.17) is 10.5 Å². The standard InChI is InChI=1S/C21H26N4O4/c1-4-25(13-19(26)23-16-9-11-18(29-3)12-10-16)14(2)21(28)24-17-7-5-15(6-8-17)20(22)27/h5-12,14H,4,13H2,1-3H3,(H2,22,27)(H,23,26)(H,24,28)/t14-/m0/s1. The van der Waals surface area contributed by atoms with Gasteiger partial charge in [0.1, 0.15) is 5.75 Å². The highest BCUT2D eigenvalue weighted by Gasteiger charge is 2.22. The maximum absolute atomic E-state index is 12.6. The van der Waals surface area contributed by atoms with Crippen LogP contribution in [0.2, 0.25) is 0 Å². The number of anilines is 2. The van der Waals surface area contributed by atoms with Gasteiger partial charge in [0.05, 0.1) is 19.7 Å². The van der Waals surface area contributed by atoms with Crippen molar-refractivity contribution < 1.29 is 19.1 Å². The van der Waals surface area contributed by atoms with Gasteiger partial charge < -0.3 is 21.1 Å². The molecule has 0 aliphatic rings. The molecule has 2 aromatic rings. The van der Waals surface area contributed by atoms with Gasteiger partial charge in [0, 0.05) is 16.9 Å². The first-order valence-corrected chi connectivity index (χ1v) is 9.22. The van der Waals surface area contributed by atoms with Crippen LogP contribution in [0.15, 0.2) is 48.5 Å². The molecule has 0 unspecified atom stereocenters. The second-order valence-corrected chi connectivity index (χ2v) is 6.45. The molecule has 2 aromatic carbocycles. The summed E-state index contributed by atoms with van der Waals surface area (Å²) in [5.74, 6) is -0.304. The number of nitrogens with zero attached hydrogens (tertiary/aromatic N) is 1. The highest BCUT2D eigenvalue weighted by molar-refractivity contribution is 5.97. The fraction of sp³-hybridized carbons (Fsp3) is 0.286. The van der Waals surface area contributed by atoms with E-state index in [-0.39, 0.29) is 18.4 Å². The molecule has 8 nitrogen and oxygen atoms in total. The Hall–Kier alpha value is -3.39. The molecule has 0 spiro atoms. The predicted octanol–water partition coefficient (Wildman–Crippen LogP) is 2.08. The van der Waals surface area contributed by atoms with Crippen molar-refractivity contribution in [3.8, 4) is 5.75 Å². The van der Waals surface area contributed by atoms with E-state index in [0.29, 0.717) is 29.2 Å². The fourth-order valence-corrected chi connectivity index (χ4v) is 2.71. The summed E-state index contributed by atoms with van der Waals surface area (Å²) in [6, 6.07) is 12.8. The Labute approximate surface area is 170 Å². The molecule has 0 aromatic heterocycles. The van der Waals surface area contributed by atoms with Gasteiger partial charge in [-0.2, -0.15) is 0 Å². The molecular weight excluding hydrogens is 372 g/mol. The molecule has 29 heavy (non-hydrogen) atoms. The van der Waals surface area contributed by atoms with Crippen molar-refractivity contribution >= 4 is 29.1 Å². The number of nitrogens with one attached hydrogen (secondary N) is 2. The molecule has 8 heteroatoms. The first-order chi connectivity index (χ1) is 13.8. The number of carbonyl (C=O) groups is 3. The largest absolute Gasteiger partial charge is 0.497 e. The molecule has 0 aliphatic heterocycles. The first-order valence-electron chi connectivity index (χ1n) is 9.22. The molecule has 0 saturated carbocycles. The summed E-state index contributed by atoms with van der Waals surface area (Å²) in [4.78, 5) is 37.8. The third-order valence-electron chi connectivity index (χ3n) is 4.49. The molecule has 0 radical (unpaired) electrons. The van der Waals surface area contributed by atoms with Gasteiger partial charge in [0.2, 0.25) is 17.7 Å². The number of rotatable bonds is 9. The number of carbonyl (C=O) groups excluding carboxylic acids is 3. The predicted molar refractivity (Wildman–Crippen MR) is 112 cm³/mol. The summed E-state index contributed by atoms with van der Waals surface area (Å²) < 4.78 is 5.09. The molecule has 0 saturated heterocycles. The molecular formula is C21H26N4O4. The van der Waals surface area contributed by atoms with Crippen LogP contribution in [0.4, 0.5) is 11.4 Å². The number of likely N-dealkylation sites (N-methyl/N-ethyl adjacent to an activating group) is 1. The van der Waals surface area contributed by atoms with Crippen LogP contribution in [0.1, 0.15) is 24.2 Å². The molecule has 2 rings (SSSR count). The number of hydrogen-bond acceptors (Lipinski definition) is 5. The third kappa shape index (κ3) is 6.32. The highest BCUT2D eigenvalue weighted by Crippen LogP contribution is 2.15. The monoisotopic (exact) mass is 398 g/mol. The molecule has 154 valence electrons. The van der Waals surface area contributed by atoms with Gasteiger partial charge >= 0.3 is 0 Å². The van der Waals surface area contributed by atoms with Crippen LogP contribution in [0.5, 0.6) is 5.75 Å². The smallest absolute Gasteiger partial charge is 0.248 e. The summed E-state index contributed by atoms with van der Waals surface area (Å²) in [5, 5.41) is 5.59. The van der Waals surface area contributed by atoms with Crippen molar-refractivity contribution in [1.29, 1.82) is 0 Å². The van der Waals surface area contributed by atoms with Crippen LogP contribution < -0.4 is 21.1 Å². The SMILES string of the molecule is CCN(CC(=O)Nc1ccc(OC)cc1)[C@@H](C)C(=O)Nc1ccc(C(N)=O)cc1. The van der Waals surface area contributed by atoms with Crippen LogP contribution in [0.25, 0.3) is 0 Å². The summed E-state index contributed by atoms with van der Waals surface area (Å²) in [7, 11) is 1.57. The summed E-state index contributed by atoms with van der Waals surface area (Å²) in [6.07, 6.45) is 0. The Balaban J connectivity index is 1.93. The molecule has 0 heterocycles. The molecule has 0 bridgehead atoms. The molecule has 0 aliphatic carbocycles. The Bertz CT molecular complexity index is 850. The van der Waals surface area contributed by atoms with Crippen molar-refractivity contribution in [2.75, 3.05) is 30.8 Å². The second kappa shape index (κ2) is 10.2. The second-order valence-electron chi connectivity index (χ2n) is 6.45. The lowest BCUT2D eigenvalue weighted by Crippen LogP contribution is -2.45. The van der Waals surface area contributed by atoms with Gasteiger partial charge in [0.15, 0.2) is 0 Å². The van der Waals surface area contributed by atoms with E-state index in [0.717, 1.165) is 0 Å². The zero-order valence-corrected chi connectivity index (χ0v) is 16.8. The molecule has 1 atom stereocenters. The van der Waals surface area contributed by atoms with Crippen LogP contribution in [0.3, 0.4) is 0 Å². The molecule has 0 fully saturated rings. The summed E-state index contributed by atoms with van der Waals surface area (Å²) in [5.41, 5.74) is 6.77. The summed E-state index contributed by atoms with van der Waals surface area (Å²) >= 11 is 0. The Kier molecular flexibility index (Phi) is 7.73. The topological polar surface area (TPSA) is 114 Å². The number of ether oxygens (including phenoxy) is 1. The van der Waals surface area contributed by atoms with Crippen LogP contribution >= 0.6 is 0 Å². The number of benzene rings is 2. The van der Waals surface area contributed by atoms with Gasteiger partial charge in [-0.25, -0.2) is 0 Å². The minimum Gasteiger partial charge on any atom is -0.497 e. The lowest BCUT2D eigenvalue weighted by molar-refractivity contribution is -0.123.